The summed E-state index contributed by atoms with van der Waals surface area (Å²) in [6, 6.07) is 4.52. The van der Waals surface area contributed by atoms with Crippen LogP contribution in [0.2, 0.25) is 0 Å². The Balaban J connectivity index is 2.99. The molecule has 0 saturated heterocycles. The second-order valence-corrected chi connectivity index (χ2v) is 4.43. The molecule has 1 aromatic carbocycles. The summed E-state index contributed by atoms with van der Waals surface area (Å²) in [7, 11) is 0. The molecule has 0 saturated carbocycles. The molecule has 0 aliphatic carbocycles. The molecule has 0 fully saturated rings. The topological polar surface area (TPSA) is 26.0 Å². The van der Waals surface area contributed by atoms with Gasteiger partial charge in [0, 0.05) is 10.5 Å². The Morgan fingerprint density at radius 2 is 2.14 bits per heavy atom. The maximum absolute atomic E-state index is 13.0. The Bertz CT molecular complexity index is 314. The van der Waals surface area contributed by atoms with Gasteiger partial charge in [-0.1, -0.05) is 36.2 Å². The van der Waals surface area contributed by atoms with Gasteiger partial charge in [0.1, 0.15) is 5.82 Å². The molecule has 0 heterocycles. The highest BCUT2D eigenvalue weighted by molar-refractivity contribution is 9.10. The zero-order valence-electron chi connectivity index (χ0n) is 8.43. The minimum atomic E-state index is -0.234. The van der Waals surface area contributed by atoms with Crippen LogP contribution in [0.3, 0.4) is 0 Å². The highest BCUT2D eigenvalue weighted by atomic mass is 79.9. The molecule has 1 unspecified atom stereocenters. The van der Waals surface area contributed by atoms with Crippen LogP contribution in [0, 0.1) is 11.7 Å². The van der Waals surface area contributed by atoms with Crippen LogP contribution < -0.4 is 5.73 Å². The van der Waals surface area contributed by atoms with E-state index in [0.29, 0.717) is 5.92 Å². The van der Waals surface area contributed by atoms with Gasteiger partial charge < -0.3 is 5.73 Å². The lowest BCUT2D eigenvalue weighted by molar-refractivity contribution is 0.453. The lowest BCUT2D eigenvalue weighted by Gasteiger charge is -2.19. The van der Waals surface area contributed by atoms with Gasteiger partial charge in [0.05, 0.1) is 0 Å². The van der Waals surface area contributed by atoms with Gasteiger partial charge in [0.15, 0.2) is 0 Å². The van der Waals surface area contributed by atoms with Crippen molar-refractivity contribution in [3.8, 4) is 0 Å². The number of halogens is 2. The summed E-state index contributed by atoms with van der Waals surface area (Å²) in [6.45, 7) is 4.15. The fraction of sp³-hybridized carbons (Fsp3) is 0.455. The van der Waals surface area contributed by atoms with Crippen molar-refractivity contribution >= 4 is 15.9 Å². The van der Waals surface area contributed by atoms with E-state index < -0.39 is 0 Å². The van der Waals surface area contributed by atoms with Crippen molar-refractivity contribution in [2.45, 2.75) is 26.3 Å². The van der Waals surface area contributed by atoms with E-state index in [0.717, 1.165) is 16.5 Å². The summed E-state index contributed by atoms with van der Waals surface area (Å²) in [5.74, 6) is 0.120. The molecule has 3 heteroatoms. The molecule has 1 nitrogen and oxygen atoms in total. The smallest absolute Gasteiger partial charge is 0.123 e. The molecule has 1 aromatic rings. The Morgan fingerprint density at radius 3 is 2.71 bits per heavy atom. The monoisotopic (exact) mass is 259 g/mol. The predicted molar refractivity (Wildman–Crippen MR) is 60.5 cm³/mol. The van der Waals surface area contributed by atoms with Crippen molar-refractivity contribution in [1.82, 2.24) is 0 Å². The number of hydrogen-bond donors (Lipinski definition) is 1. The molecule has 2 atom stereocenters. The highest BCUT2D eigenvalue weighted by Gasteiger charge is 2.16. The fourth-order valence-corrected chi connectivity index (χ4v) is 1.84. The molecule has 1 rings (SSSR count). The van der Waals surface area contributed by atoms with E-state index in [9.17, 15) is 4.39 Å². The zero-order valence-corrected chi connectivity index (χ0v) is 10.0. The highest BCUT2D eigenvalue weighted by Crippen LogP contribution is 2.28. The first kappa shape index (κ1) is 11.7. The average Bonchev–Trinajstić information content (AvgIpc) is 2.19. The van der Waals surface area contributed by atoms with Gasteiger partial charge in [-0.05, 0) is 29.7 Å². The van der Waals surface area contributed by atoms with Crippen molar-refractivity contribution < 1.29 is 4.39 Å². The van der Waals surface area contributed by atoms with Gasteiger partial charge >= 0.3 is 0 Å². The molecule has 0 aromatic heterocycles. The van der Waals surface area contributed by atoms with Gasteiger partial charge in [-0.15, -0.1) is 0 Å². The van der Waals surface area contributed by atoms with Gasteiger partial charge in [-0.3, -0.25) is 0 Å². The molecule has 14 heavy (non-hydrogen) atoms. The molecule has 0 aliphatic rings. The number of nitrogens with two attached hydrogens (primary N) is 1. The van der Waals surface area contributed by atoms with Gasteiger partial charge in [0.2, 0.25) is 0 Å². The fourth-order valence-electron chi connectivity index (χ4n) is 1.33. The molecule has 0 bridgehead atoms. The first-order valence-electron chi connectivity index (χ1n) is 4.76. The quantitative estimate of drug-likeness (QED) is 0.882. The van der Waals surface area contributed by atoms with Gasteiger partial charge in [0.25, 0.3) is 0 Å². The van der Waals surface area contributed by atoms with E-state index in [4.69, 9.17) is 5.73 Å². The Kier molecular flexibility index (Phi) is 4.08. The second kappa shape index (κ2) is 4.89. The van der Waals surface area contributed by atoms with E-state index in [-0.39, 0.29) is 11.9 Å². The molecule has 0 spiro atoms. The largest absolute Gasteiger partial charge is 0.324 e. The molecule has 0 aliphatic heterocycles. The summed E-state index contributed by atoms with van der Waals surface area (Å²) in [5.41, 5.74) is 6.87. The first-order chi connectivity index (χ1) is 6.56. The number of hydrogen-bond acceptors (Lipinski definition) is 1. The van der Waals surface area contributed by atoms with E-state index in [1.54, 1.807) is 6.07 Å². The summed E-state index contributed by atoms with van der Waals surface area (Å²) < 4.78 is 13.9. The summed E-state index contributed by atoms with van der Waals surface area (Å²) in [5, 5.41) is 0. The summed E-state index contributed by atoms with van der Waals surface area (Å²) in [6.07, 6.45) is 0.990. The van der Waals surface area contributed by atoms with Crippen molar-refractivity contribution in [2.24, 2.45) is 11.7 Å². The third-order valence-corrected chi connectivity index (χ3v) is 3.30. The Labute approximate surface area is 92.6 Å². The van der Waals surface area contributed by atoms with E-state index >= 15 is 0 Å². The predicted octanol–water partition coefficient (Wildman–Crippen LogP) is 3.63. The van der Waals surface area contributed by atoms with Crippen molar-refractivity contribution in [3.63, 3.8) is 0 Å². The molecule has 0 radical (unpaired) electrons. The molecule has 0 amide bonds. The van der Waals surface area contributed by atoms with Crippen LogP contribution in [0.5, 0.6) is 0 Å². The lowest BCUT2D eigenvalue weighted by atomic mass is 9.93. The maximum Gasteiger partial charge on any atom is 0.123 e. The van der Waals surface area contributed by atoms with Crippen molar-refractivity contribution in [1.29, 1.82) is 0 Å². The third kappa shape index (κ3) is 2.55. The maximum atomic E-state index is 13.0. The van der Waals surface area contributed by atoms with Crippen LogP contribution in [0.15, 0.2) is 22.7 Å². The number of rotatable bonds is 3. The SMILES string of the molecule is CCC(C)[C@H](N)c1cc(F)ccc1Br. The van der Waals surface area contributed by atoms with Crippen LogP contribution in [0.25, 0.3) is 0 Å². The minimum absolute atomic E-state index is 0.106. The molecular weight excluding hydrogens is 245 g/mol. The second-order valence-electron chi connectivity index (χ2n) is 3.58. The van der Waals surface area contributed by atoms with E-state index in [1.165, 1.54) is 12.1 Å². The summed E-state index contributed by atoms with van der Waals surface area (Å²) >= 11 is 3.38. The van der Waals surface area contributed by atoms with Crippen LogP contribution >= 0.6 is 15.9 Å². The van der Waals surface area contributed by atoms with Crippen molar-refractivity contribution in [3.05, 3.63) is 34.1 Å². The van der Waals surface area contributed by atoms with Crippen LogP contribution in [0.1, 0.15) is 31.9 Å². The van der Waals surface area contributed by atoms with E-state index in [1.807, 2.05) is 0 Å². The Morgan fingerprint density at radius 1 is 1.50 bits per heavy atom. The third-order valence-electron chi connectivity index (χ3n) is 2.57. The first-order valence-corrected chi connectivity index (χ1v) is 5.56. The van der Waals surface area contributed by atoms with Crippen LogP contribution in [-0.4, -0.2) is 0 Å². The number of benzene rings is 1. The lowest BCUT2D eigenvalue weighted by Crippen LogP contribution is -2.19. The van der Waals surface area contributed by atoms with Gasteiger partial charge in [-0.2, -0.15) is 0 Å². The average molecular weight is 260 g/mol. The molecular formula is C11H15BrFN. The molecule has 2 N–H and O–H groups in total. The Hall–Kier alpha value is -0.410. The summed E-state index contributed by atoms with van der Waals surface area (Å²) in [4.78, 5) is 0. The normalized spacial score (nSPS) is 15.2. The van der Waals surface area contributed by atoms with E-state index in [2.05, 4.69) is 29.8 Å². The standard InChI is InChI=1S/C11H15BrFN/c1-3-7(2)11(14)9-6-8(13)4-5-10(9)12/h4-7,11H,3,14H2,1-2H3/t7?,11-/m0/s1. The van der Waals surface area contributed by atoms with Crippen LogP contribution in [0.4, 0.5) is 4.39 Å². The van der Waals surface area contributed by atoms with Crippen molar-refractivity contribution in [2.75, 3.05) is 0 Å². The van der Waals surface area contributed by atoms with Gasteiger partial charge in [-0.25, -0.2) is 4.39 Å². The molecule has 78 valence electrons. The zero-order chi connectivity index (χ0) is 10.7. The van der Waals surface area contributed by atoms with Crippen LogP contribution in [-0.2, 0) is 0 Å². The minimum Gasteiger partial charge on any atom is -0.324 e.